The molecule has 1 unspecified atom stereocenters. The first-order valence-corrected chi connectivity index (χ1v) is 7.38. The molecule has 1 aromatic carbocycles. The lowest BCUT2D eigenvalue weighted by molar-refractivity contribution is 0.285. The van der Waals surface area contributed by atoms with E-state index in [1.807, 2.05) is 37.3 Å². The minimum absolute atomic E-state index is 0.574. The maximum atomic E-state index is 5.79. The molecule has 0 aliphatic carbocycles. The van der Waals surface area contributed by atoms with Gasteiger partial charge in [0.05, 0.1) is 13.7 Å². The molecule has 0 radical (unpaired) electrons. The van der Waals surface area contributed by atoms with Crippen LogP contribution >= 0.6 is 0 Å². The van der Waals surface area contributed by atoms with Crippen molar-refractivity contribution in [3.8, 4) is 11.5 Å². The van der Waals surface area contributed by atoms with Crippen molar-refractivity contribution in [3.05, 3.63) is 29.8 Å². The second-order valence-electron chi connectivity index (χ2n) is 4.88. The van der Waals surface area contributed by atoms with Gasteiger partial charge in [0, 0.05) is 6.04 Å². The summed E-state index contributed by atoms with van der Waals surface area (Å²) in [6.45, 7) is 8.06. The standard InChI is InChI=1S/C17H27NO2/c1-5-8-15-9-10-16(17(13-15)19-4)20-12-7-11-18-14(3)6-2/h5,8-10,13-14,18H,6-7,11-12H2,1-4H3/b8-5+. The third-order valence-electron chi connectivity index (χ3n) is 3.23. The summed E-state index contributed by atoms with van der Waals surface area (Å²) in [6.07, 6.45) is 6.20. The van der Waals surface area contributed by atoms with E-state index in [4.69, 9.17) is 9.47 Å². The summed E-state index contributed by atoms with van der Waals surface area (Å²) >= 11 is 0. The fourth-order valence-corrected chi connectivity index (χ4v) is 1.85. The number of hydrogen-bond donors (Lipinski definition) is 1. The van der Waals surface area contributed by atoms with Gasteiger partial charge in [0.2, 0.25) is 0 Å². The molecule has 3 heteroatoms. The van der Waals surface area contributed by atoms with Crippen LogP contribution in [0, 0.1) is 0 Å². The molecule has 0 saturated carbocycles. The van der Waals surface area contributed by atoms with E-state index in [1.165, 1.54) is 0 Å². The van der Waals surface area contributed by atoms with Crippen molar-refractivity contribution in [2.45, 2.75) is 39.7 Å². The van der Waals surface area contributed by atoms with Gasteiger partial charge in [0.15, 0.2) is 11.5 Å². The molecule has 0 saturated heterocycles. The van der Waals surface area contributed by atoms with Crippen LogP contribution in [0.5, 0.6) is 11.5 Å². The first-order chi connectivity index (χ1) is 9.71. The van der Waals surface area contributed by atoms with Crippen molar-refractivity contribution < 1.29 is 9.47 Å². The van der Waals surface area contributed by atoms with Crippen LogP contribution in [0.15, 0.2) is 24.3 Å². The van der Waals surface area contributed by atoms with E-state index < -0.39 is 0 Å². The van der Waals surface area contributed by atoms with Gasteiger partial charge >= 0.3 is 0 Å². The highest BCUT2D eigenvalue weighted by Crippen LogP contribution is 2.28. The van der Waals surface area contributed by atoms with Gasteiger partial charge in [0.1, 0.15) is 0 Å². The lowest BCUT2D eigenvalue weighted by Crippen LogP contribution is -2.27. The summed E-state index contributed by atoms with van der Waals surface area (Å²) in [5, 5.41) is 3.45. The van der Waals surface area contributed by atoms with E-state index in [0.717, 1.165) is 36.4 Å². The van der Waals surface area contributed by atoms with E-state index >= 15 is 0 Å². The van der Waals surface area contributed by atoms with E-state index in [0.29, 0.717) is 12.6 Å². The van der Waals surface area contributed by atoms with Crippen molar-refractivity contribution in [3.63, 3.8) is 0 Å². The Morgan fingerprint density at radius 2 is 2.10 bits per heavy atom. The van der Waals surface area contributed by atoms with Gasteiger partial charge in [-0.15, -0.1) is 0 Å². The van der Waals surface area contributed by atoms with Gasteiger partial charge in [-0.05, 0) is 50.9 Å². The molecule has 20 heavy (non-hydrogen) atoms. The molecule has 0 spiro atoms. The minimum Gasteiger partial charge on any atom is -0.493 e. The molecule has 112 valence electrons. The Morgan fingerprint density at radius 3 is 2.75 bits per heavy atom. The maximum Gasteiger partial charge on any atom is 0.161 e. The molecule has 1 aromatic rings. The highest BCUT2D eigenvalue weighted by Gasteiger charge is 2.04. The fourth-order valence-electron chi connectivity index (χ4n) is 1.85. The van der Waals surface area contributed by atoms with Gasteiger partial charge in [-0.2, -0.15) is 0 Å². The summed E-state index contributed by atoms with van der Waals surface area (Å²) in [5.74, 6) is 1.60. The highest BCUT2D eigenvalue weighted by molar-refractivity contribution is 5.55. The van der Waals surface area contributed by atoms with Gasteiger partial charge in [-0.25, -0.2) is 0 Å². The number of nitrogens with one attached hydrogen (secondary N) is 1. The zero-order valence-electron chi connectivity index (χ0n) is 13.1. The number of benzene rings is 1. The number of methoxy groups -OCH3 is 1. The van der Waals surface area contributed by atoms with E-state index in [-0.39, 0.29) is 0 Å². The van der Waals surface area contributed by atoms with Gasteiger partial charge in [-0.1, -0.05) is 25.1 Å². The second-order valence-corrected chi connectivity index (χ2v) is 4.88. The average Bonchev–Trinajstić information content (AvgIpc) is 2.47. The third-order valence-corrected chi connectivity index (χ3v) is 3.23. The Hall–Kier alpha value is -1.48. The molecular weight excluding hydrogens is 250 g/mol. The molecule has 0 aliphatic heterocycles. The third kappa shape index (κ3) is 5.66. The number of rotatable bonds is 9. The predicted octanol–water partition coefficient (Wildman–Crippen LogP) is 3.89. The zero-order valence-corrected chi connectivity index (χ0v) is 13.1. The van der Waals surface area contributed by atoms with Crippen molar-refractivity contribution in [1.29, 1.82) is 0 Å². The van der Waals surface area contributed by atoms with Crippen LogP contribution in [-0.4, -0.2) is 26.3 Å². The van der Waals surface area contributed by atoms with E-state index in [2.05, 4.69) is 19.2 Å². The van der Waals surface area contributed by atoms with Crippen molar-refractivity contribution in [2.75, 3.05) is 20.3 Å². The molecule has 0 aromatic heterocycles. The maximum absolute atomic E-state index is 5.79. The lowest BCUT2D eigenvalue weighted by atomic mass is 10.2. The lowest BCUT2D eigenvalue weighted by Gasteiger charge is -2.13. The summed E-state index contributed by atoms with van der Waals surface area (Å²) in [6, 6.07) is 6.57. The first-order valence-electron chi connectivity index (χ1n) is 7.38. The molecule has 1 atom stereocenters. The molecule has 0 fully saturated rings. The Morgan fingerprint density at radius 1 is 1.30 bits per heavy atom. The molecule has 1 N–H and O–H groups in total. The summed E-state index contributed by atoms with van der Waals surface area (Å²) < 4.78 is 11.2. The summed E-state index contributed by atoms with van der Waals surface area (Å²) in [7, 11) is 1.67. The molecule has 0 aliphatic rings. The van der Waals surface area contributed by atoms with E-state index in [1.54, 1.807) is 7.11 Å². The quantitative estimate of drug-likeness (QED) is 0.695. The number of hydrogen-bond acceptors (Lipinski definition) is 3. The van der Waals surface area contributed by atoms with Crippen LogP contribution in [0.1, 0.15) is 39.2 Å². The van der Waals surface area contributed by atoms with Crippen molar-refractivity contribution in [1.82, 2.24) is 5.32 Å². The van der Waals surface area contributed by atoms with Gasteiger partial charge in [-0.3, -0.25) is 0 Å². The van der Waals surface area contributed by atoms with E-state index in [9.17, 15) is 0 Å². The smallest absolute Gasteiger partial charge is 0.161 e. The Balaban J connectivity index is 2.43. The van der Waals surface area contributed by atoms with Crippen molar-refractivity contribution in [2.24, 2.45) is 0 Å². The van der Waals surface area contributed by atoms with Crippen LogP contribution in [0.4, 0.5) is 0 Å². The molecule has 3 nitrogen and oxygen atoms in total. The van der Waals surface area contributed by atoms with Crippen LogP contribution in [0.2, 0.25) is 0 Å². The normalized spacial score (nSPS) is 12.6. The largest absolute Gasteiger partial charge is 0.493 e. The van der Waals surface area contributed by atoms with Crippen LogP contribution < -0.4 is 14.8 Å². The Kier molecular flexibility index (Phi) is 7.81. The topological polar surface area (TPSA) is 30.5 Å². The zero-order chi connectivity index (χ0) is 14.8. The summed E-state index contributed by atoms with van der Waals surface area (Å²) in [5.41, 5.74) is 1.12. The minimum atomic E-state index is 0.574. The monoisotopic (exact) mass is 277 g/mol. The summed E-state index contributed by atoms with van der Waals surface area (Å²) in [4.78, 5) is 0. The molecule has 0 heterocycles. The van der Waals surface area contributed by atoms with Crippen LogP contribution in [0.25, 0.3) is 6.08 Å². The van der Waals surface area contributed by atoms with Gasteiger partial charge < -0.3 is 14.8 Å². The number of ether oxygens (including phenoxy) is 2. The predicted molar refractivity (Wildman–Crippen MR) is 85.6 cm³/mol. The average molecular weight is 277 g/mol. The Labute approximate surface area is 123 Å². The molecule has 1 rings (SSSR count). The van der Waals surface area contributed by atoms with Crippen LogP contribution in [0.3, 0.4) is 0 Å². The van der Waals surface area contributed by atoms with Gasteiger partial charge in [0.25, 0.3) is 0 Å². The second kappa shape index (κ2) is 9.43. The highest BCUT2D eigenvalue weighted by atomic mass is 16.5. The van der Waals surface area contributed by atoms with Crippen molar-refractivity contribution >= 4 is 6.08 Å². The Bertz CT molecular complexity index is 415. The molecular formula is C17H27NO2. The molecule has 0 bridgehead atoms. The fraction of sp³-hybridized carbons (Fsp3) is 0.529. The number of allylic oxidation sites excluding steroid dienone is 1. The first kappa shape index (κ1) is 16.6. The molecule has 0 amide bonds. The SMILES string of the molecule is C/C=C/c1ccc(OCCCNC(C)CC)c(OC)c1. The van der Waals surface area contributed by atoms with Crippen LogP contribution in [-0.2, 0) is 0 Å².